The SMILES string of the molecule is CCC(COC)n1cc(C)c2nc(-c3ccc(C(C)C)nc3OC)ccc21. The third kappa shape index (κ3) is 3.69. The third-order valence-corrected chi connectivity index (χ3v) is 5.02. The molecule has 1 atom stereocenters. The van der Waals surface area contributed by atoms with Crippen molar-refractivity contribution in [2.24, 2.45) is 0 Å². The van der Waals surface area contributed by atoms with Gasteiger partial charge in [0.2, 0.25) is 5.88 Å². The Hall–Kier alpha value is -2.40. The first-order chi connectivity index (χ1) is 13.0. The van der Waals surface area contributed by atoms with E-state index >= 15 is 0 Å². The standard InChI is InChI=1S/C22H29N3O2/c1-7-16(13-26-5)25-12-15(4)21-20(25)11-10-19(23-21)17-8-9-18(14(2)3)24-22(17)27-6/h8-12,14,16H,7,13H2,1-6H3. The zero-order valence-corrected chi connectivity index (χ0v) is 17.1. The quantitative estimate of drug-likeness (QED) is 0.580. The molecule has 144 valence electrons. The minimum absolute atomic E-state index is 0.306. The molecular weight excluding hydrogens is 338 g/mol. The van der Waals surface area contributed by atoms with Crippen LogP contribution in [0.25, 0.3) is 22.3 Å². The van der Waals surface area contributed by atoms with Gasteiger partial charge in [0.25, 0.3) is 0 Å². The van der Waals surface area contributed by atoms with Crippen LogP contribution in [0.2, 0.25) is 0 Å². The summed E-state index contributed by atoms with van der Waals surface area (Å²) in [6, 6.07) is 8.60. The van der Waals surface area contributed by atoms with Crippen LogP contribution in [0.3, 0.4) is 0 Å². The minimum atomic E-state index is 0.306. The molecule has 0 saturated carbocycles. The van der Waals surface area contributed by atoms with Crippen LogP contribution in [0.15, 0.2) is 30.5 Å². The zero-order valence-electron chi connectivity index (χ0n) is 17.1. The maximum Gasteiger partial charge on any atom is 0.222 e. The molecule has 0 aliphatic heterocycles. The maximum absolute atomic E-state index is 5.55. The van der Waals surface area contributed by atoms with Crippen LogP contribution < -0.4 is 4.74 Å². The highest BCUT2D eigenvalue weighted by Crippen LogP contribution is 2.32. The lowest BCUT2D eigenvalue weighted by Crippen LogP contribution is -2.12. The number of ether oxygens (including phenoxy) is 2. The summed E-state index contributed by atoms with van der Waals surface area (Å²) in [5.41, 5.74) is 6.11. The van der Waals surface area contributed by atoms with Crippen molar-refractivity contribution in [3.63, 3.8) is 0 Å². The summed E-state index contributed by atoms with van der Waals surface area (Å²) in [4.78, 5) is 9.60. The number of rotatable bonds is 7. The number of methoxy groups -OCH3 is 2. The van der Waals surface area contributed by atoms with Crippen LogP contribution in [0, 0.1) is 6.92 Å². The van der Waals surface area contributed by atoms with E-state index in [4.69, 9.17) is 14.5 Å². The summed E-state index contributed by atoms with van der Waals surface area (Å²) in [6.07, 6.45) is 3.18. The van der Waals surface area contributed by atoms with Crippen molar-refractivity contribution in [2.45, 2.75) is 46.1 Å². The van der Waals surface area contributed by atoms with E-state index in [2.05, 4.69) is 61.6 Å². The van der Waals surface area contributed by atoms with Crippen LogP contribution in [0.1, 0.15) is 50.4 Å². The number of pyridine rings is 2. The molecule has 0 aliphatic rings. The van der Waals surface area contributed by atoms with E-state index in [1.807, 2.05) is 6.07 Å². The van der Waals surface area contributed by atoms with Gasteiger partial charge in [0, 0.05) is 19.0 Å². The second-order valence-corrected chi connectivity index (χ2v) is 7.25. The molecule has 3 aromatic rings. The first-order valence-electron chi connectivity index (χ1n) is 9.52. The lowest BCUT2D eigenvalue weighted by Gasteiger charge is -2.17. The van der Waals surface area contributed by atoms with Crippen LogP contribution in [0.4, 0.5) is 0 Å². The second kappa shape index (κ2) is 8.09. The van der Waals surface area contributed by atoms with Gasteiger partial charge in [-0.25, -0.2) is 9.97 Å². The number of hydrogen-bond donors (Lipinski definition) is 0. The molecule has 0 radical (unpaired) electrons. The normalized spacial score (nSPS) is 12.7. The van der Waals surface area contributed by atoms with Crippen molar-refractivity contribution in [1.82, 2.24) is 14.5 Å². The molecule has 3 rings (SSSR count). The fraction of sp³-hybridized carbons (Fsp3) is 0.455. The van der Waals surface area contributed by atoms with Gasteiger partial charge in [-0.3, -0.25) is 0 Å². The summed E-state index contributed by atoms with van der Waals surface area (Å²) >= 11 is 0. The molecule has 0 spiro atoms. The van der Waals surface area contributed by atoms with Gasteiger partial charge in [0.1, 0.15) is 0 Å². The lowest BCUT2D eigenvalue weighted by atomic mass is 10.1. The maximum atomic E-state index is 5.55. The highest BCUT2D eigenvalue weighted by molar-refractivity contribution is 5.83. The van der Waals surface area contributed by atoms with Gasteiger partial charge >= 0.3 is 0 Å². The molecule has 5 nitrogen and oxygen atoms in total. The van der Waals surface area contributed by atoms with Crippen molar-refractivity contribution < 1.29 is 9.47 Å². The van der Waals surface area contributed by atoms with Crippen LogP contribution in [0.5, 0.6) is 5.88 Å². The Kier molecular flexibility index (Phi) is 5.80. The van der Waals surface area contributed by atoms with Gasteiger partial charge < -0.3 is 14.0 Å². The van der Waals surface area contributed by atoms with Gasteiger partial charge in [0.05, 0.1) is 42.0 Å². The van der Waals surface area contributed by atoms with E-state index in [1.165, 1.54) is 0 Å². The number of nitrogens with zero attached hydrogens (tertiary/aromatic N) is 3. The van der Waals surface area contributed by atoms with E-state index in [1.54, 1.807) is 14.2 Å². The Morgan fingerprint density at radius 1 is 1.07 bits per heavy atom. The van der Waals surface area contributed by atoms with Gasteiger partial charge in [-0.2, -0.15) is 0 Å². The molecular formula is C22H29N3O2. The van der Waals surface area contributed by atoms with Crippen molar-refractivity contribution in [3.8, 4) is 17.1 Å². The Labute approximate surface area is 161 Å². The predicted octanol–water partition coefficient (Wildman–Crippen LogP) is 5.14. The van der Waals surface area contributed by atoms with Crippen molar-refractivity contribution in [1.29, 1.82) is 0 Å². The Bertz CT molecular complexity index is 931. The molecule has 0 aromatic carbocycles. The number of aryl methyl sites for hydroxylation is 1. The summed E-state index contributed by atoms with van der Waals surface area (Å²) in [6.45, 7) is 9.23. The average Bonchev–Trinajstić information content (AvgIpc) is 3.01. The first kappa shape index (κ1) is 19.4. The van der Waals surface area contributed by atoms with Crippen molar-refractivity contribution in [3.05, 3.63) is 41.7 Å². The largest absolute Gasteiger partial charge is 0.480 e. The fourth-order valence-electron chi connectivity index (χ4n) is 3.46. The molecule has 0 saturated heterocycles. The summed E-state index contributed by atoms with van der Waals surface area (Å²) in [7, 11) is 3.41. The van der Waals surface area contributed by atoms with E-state index in [9.17, 15) is 0 Å². The lowest BCUT2D eigenvalue weighted by molar-refractivity contribution is 0.155. The Morgan fingerprint density at radius 3 is 2.48 bits per heavy atom. The molecule has 0 aliphatic carbocycles. The molecule has 0 N–H and O–H groups in total. The average molecular weight is 367 g/mol. The van der Waals surface area contributed by atoms with Gasteiger partial charge in [-0.1, -0.05) is 20.8 Å². The highest BCUT2D eigenvalue weighted by Gasteiger charge is 2.17. The van der Waals surface area contributed by atoms with E-state index in [0.29, 0.717) is 24.4 Å². The van der Waals surface area contributed by atoms with Gasteiger partial charge in [-0.05, 0) is 49.1 Å². The van der Waals surface area contributed by atoms with E-state index in [-0.39, 0.29) is 0 Å². The summed E-state index contributed by atoms with van der Waals surface area (Å²) in [5, 5.41) is 0. The third-order valence-electron chi connectivity index (χ3n) is 5.02. The summed E-state index contributed by atoms with van der Waals surface area (Å²) in [5.74, 6) is 0.974. The Morgan fingerprint density at radius 2 is 1.85 bits per heavy atom. The van der Waals surface area contributed by atoms with Gasteiger partial charge in [-0.15, -0.1) is 0 Å². The smallest absolute Gasteiger partial charge is 0.222 e. The highest BCUT2D eigenvalue weighted by atomic mass is 16.5. The number of fused-ring (bicyclic) bond motifs is 1. The van der Waals surface area contributed by atoms with E-state index in [0.717, 1.165) is 40.0 Å². The number of hydrogen-bond acceptors (Lipinski definition) is 4. The molecule has 27 heavy (non-hydrogen) atoms. The minimum Gasteiger partial charge on any atom is -0.480 e. The molecule has 0 amide bonds. The van der Waals surface area contributed by atoms with Crippen molar-refractivity contribution >= 4 is 11.0 Å². The van der Waals surface area contributed by atoms with Crippen molar-refractivity contribution in [2.75, 3.05) is 20.8 Å². The molecule has 3 aromatic heterocycles. The Balaban J connectivity index is 2.09. The summed E-state index contributed by atoms with van der Waals surface area (Å²) < 4.78 is 13.2. The molecule has 0 fully saturated rings. The predicted molar refractivity (Wildman–Crippen MR) is 110 cm³/mol. The first-order valence-corrected chi connectivity index (χ1v) is 9.52. The van der Waals surface area contributed by atoms with Crippen LogP contribution >= 0.6 is 0 Å². The topological polar surface area (TPSA) is 49.2 Å². The zero-order chi connectivity index (χ0) is 19.6. The van der Waals surface area contributed by atoms with Crippen LogP contribution in [-0.2, 0) is 4.74 Å². The molecule has 5 heteroatoms. The second-order valence-electron chi connectivity index (χ2n) is 7.25. The van der Waals surface area contributed by atoms with Crippen LogP contribution in [-0.4, -0.2) is 35.4 Å². The van der Waals surface area contributed by atoms with Gasteiger partial charge in [0.15, 0.2) is 0 Å². The van der Waals surface area contributed by atoms with E-state index < -0.39 is 0 Å². The molecule has 1 unspecified atom stereocenters. The fourth-order valence-corrected chi connectivity index (χ4v) is 3.46. The molecule has 0 bridgehead atoms. The molecule has 3 heterocycles. The monoisotopic (exact) mass is 367 g/mol. The number of aromatic nitrogens is 3.